The van der Waals surface area contributed by atoms with Crippen LogP contribution in [0, 0.1) is 0 Å². The number of methoxy groups -OCH3 is 3. The smallest absolute Gasteiger partial charge is 0.203 e. The van der Waals surface area contributed by atoms with E-state index in [1.807, 2.05) is 30.3 Å². The molecule has 0 amide bonds. The predicted molar refractivity (Wildman–Crippen MR) is 102 cm³/mol. The van der Waals surface area contributed by atoms with Gasteiger partial charge in [-0.25, -0.2) is 0 Å². The summed E-state index contributed by atoms with van der Waals surface area (Å²) in [6, 6.07) is 11.2. The van der Waals surface area contributed by atoms with Crippen molar-refractivity contribution in [1.29, 1.82) is 0 Å². The molecular weight excluding hydrogens is 336 g/mol. The first-order chi connectivity index (χ1) is 12.1. The first kappa shape index (κ1) is 18.9. The van der Waals surface area contributed by atoms with Crippen molar-refractivity contribution >= 4 is 23.6 Å². The van der Waals surface area contributed by atoms with Crippen LogP contribution in [0.4, 0.5) is 0 Å². The zero-order chi connectivity index (χ0) is 18.2. The van der Waals surface area contributed by atoms with E-state index in [1.54, 1.807) is 45.2 Å². The molecule has 0 heterocycles. The highest BCUT2D eigenvalue weighted by atomic mass is 32.2. The van der Waals surface area contributed by atoms with Crippen molar-refractivity contribution in [2.45, 2.75) is 11.8 Å². The second-order valence-electron chi connectivity index (χ2n) is 5.08. The highest BCUT2D eigenvalue weighted by Crippen LogP contribution is 2.40. The van der Waals surface area contributed by atoms with Crippen LogP contribution >= 0.6 is 11.8 Å². The van der Waals surface area contributed by atoms with Gasteiger partial charge in [0.2, 0.25) is 5.75 Å². The summed E-state index contributed by atoms with van der Waals surface area (Å²) in [5.74, 6) is 2.55. The molecule has 132 valence electrons. The number of ketones is 1. The van der Waals surface area contributed by atoms with Crippen molar-refractivity contribution in [3.05, 3.63) is 53.6 Å². The van der Waals surface area contributed by atoms with Gasteiger partial charge in [0.15, 0.2) is 17.3 Å². The number of benzene rings is 2. The van der Waals surface area contributed by atoms with Gasteiger partial charge in [-0.1, -0.05) is 6.92 Å². The van der Waals surface area contributed by atoms with E-state index in [0.29, 0.717) is 22.8 Å². The molecule has 0 unspecified atom stereocenters. The number of carbonyl (C=O) groups excluding carboxylic acids is 1. The quantitative estimate of drug-likeness (QED) is 0.388. The average Bonchev–Trinajstić information content (AvgIpc) is 2.65. The third-order valence-corrected chi connectivity index (χ3v) is 4.49. The molecule has 2 rings (SSSR count). The molecule has 0 spiro atoms. The second-order valence-corrected chi connectivity index (χ2v) is 6.42. The minimum absolute atomic E-state index is 0.0649. The summed E-state index contributed by atoms with van der Waals surface area (Å²) in [7, 11) is 4.67. The molecule has 0 saturated heterocycles. The van der Waals surface area contributed by atoms with E-state index in [9.17, 15) is 4.79 Å². The number of allylic oxidation sites excluding steroid dienone is 1. The fraction of sp³-hybridized carbons (Fsp3) is 0.250. The predicted octanol–water partition coefficient (Wildman–Crippen LogP) is 4.72. The second kappa shape index (κ2) is 9.18. The van der Waals surface area contributed by atoms with E-state index >= 15 is 0 Å². The minimum Gasteiger partial charge on any atom is -0.493 e. The fourth-order valence-corrected chi connectivity index (χ4v) is 3.06. The maximum absolute atomic E-state index is 12.4. The Hall–Kier alpha value is -2.40. The molecule has 25 heavy (non-hydrogen) atoms. The lowest BCUT2D eigenvalue weighted by atomic mass is 10.1. The van der Waals surface area contributed by atoms with Crippen molar-refractivity contribution < 1.29 is 19.0 Å². The zero-order valence-corrected chi connectivity index (χ0v) is 15.7. The van der Waals surface area contributed by atoms with Gasteiger partial charge in [0, 0.05) is 16.0 Å². The number of rotatable bonds is 8. The van der Waals surface area contributed by atoms with Crippen LogP contribution in [0.1, 0.15) is 22.8 Å². The summed E-state index contributed by atoms with van der Waals surface area (Å²) < 4.78 is 16.0. The van der Waals surface area contributed by atoms with Gasteiger partial charge in [-0.3, -0.25) is 4.79 Å². The molecule has 2 aromatic rings. The lowest BCUT2D eigenvalue weighted by Crippen LogP contribution is -1.97. The van der Waals surface area contributed by atoms with Crippen LogP contribution in [0.25, 0.3) is 6.08 Å². The Morgan fingerprint density at radius 1 is 0.960 bits per heavy atom. The molecule has 5 heteroatoms. The van der Waals surface area contributed by atoms with E-state index in [0.717, 1.165) is 16.2 Å². The highest BCUT2D eigenvalue weighted by Gasteiger charge is 2.14. The molecule has 0 radical (unpaired) electrons. The van der Waals surface area contributed by atoms with Gasteiger partial charge in [-0.2, -0.15) is 0 Å². The van der Waals surface area contributed by atoms with Gasteiger partial charge >= 0.3 is 0 Å². The maximum atomic E-state index is 12.4. The van der Waals surface area contributed by atoms with Crippen LogP contribution in [-0.4, -0.2) is 32.9 Å². The molecule has 0 aliphatic heterocycles. The van der Waals surface area contributed by atoms with E-state index in [1.165, 1.54) is 6.08 Å². The third kappa shape index (κ3) is 4.57. The molecule has 0 aliphatic rings. The largest absolute Gasteiger partial charge is 0.493 e. The van der Waals surface area contributed by atoms with Gasteiger partial charge < -0.3 is 14.2 Å². The molecule has 0 aromatic heterocycles. The van der Waals surface area contributed by atoms with Crippen LogP contribution in [0.5, 0.6) is 17.2 Å². The Balaban J connectivity index is 2.24. The monoisotopic (exact) mass is 358 g/mol. The normalized spacial score (nSPS) is 10.7. The van der Waals surface area contributed by atoms with Gasteiger partial charge in [0.25, 0.3) is 0 Å². The average molecular weight is 358 g/mol. The van der Waals surface area contributed by atoms with Gasteiger partial charge in [0.05, 0.1) is 21.3 Å². The first-order valence-corrected chi connectivity index (χ1v) is 8.87. The Morgan fingerprint density at radius 3 is 2.20 bits per heavy atom. The summed E-state index contributed by atoms with van der Waals surface area (Å²) in [5.41, 5.74) is 1.39. The molecule has 0 N–H and O–H groups in total. The van der Waals surface area contributed by atoms with Crippen LogP contribution < -0.4 is 14.2 Å². The Kier molecular flexibility index (Phi) is 6.95. The lowest BCUT2D eigenvalue weighted by molar-refractivity contribution is 0.104. The summed E-state index contributed by atoms with van der Waals surface area (Å²) in [6.45, 7) is 2.10. The van der Waals surface area contributed by atoms with E-state index in [4.69, 9.17) is 14.2 Å². The zero-order valence-electron chi connectivity index (χ0n) is 14.9. The molecule has 0 bridgehead atoms. The topological polar surface area (TPSA) is 44.8 Å². The van der Waals surface area contributed by atoms with Crippen molar-refractivity contribution in [1.82, 2.24) is 0 Å². The number of carbonyl (C=O) groups is 1. The molecule has 0 fully saturated rings. The van der Waals surface area contributed by atoms with E-state index in [-0.39, 0.29) is 5.78 Å². The van der Waals surface area contributed by atoms with E-state index < -0.39 is 0 Å². The van der Waals surface area contributed by atoms with Crippen molar-refractivity contribution in [2.24, 2.45) is 0 Å². The van der Waals surface area contributed by atoms with Gasteiger partial charge in [-0.15, -0.1) is 11.8 Å². The standard InChI is InChI=1S/C20H22O4S/c1-5-25-16-10-6-14(7-11-16)17(21)12-8-15-9-13-18(22-2)20(24-4)19(15)23-3/h6-13H,5H2,1-4H3/b12-8+. The molecule has 0 atom stereocenters. The van der Waals surface area contributed by atoms with Crippen molar-refractivity contribution in [2.75, 3.05) is 27.1 Å². The molecular formula is C20H22O4S. The lowest BCUT2D eigenvalue weighted by Gasteiger charge is -2.13. The number of hydrogen-bond acceptors (Lipinski definition) is 5. The molecule has 4 nitrogen and oxygen atoms in total. The summed E-state index contributed by atoms with van der Waals surface area (Å²) in [4.78, 5) is 13.5. The third-order valence-electron chi connectivity index (χ3n) is 3.60. The maximum Gasteiger partial charge on any atom is 0.203 e. The fourth-order valence-electron chi connectivity index (χ4n) is 2.40. The van der Waals surface area contributed by atoms with Crippen molar-refractivity contribution in [3.63, 3.8) is 0 Å². The van der Waals surface area contributed by atoms with Crippen LogP contribution in [0.2, 0.25) is 0 Å². The SMILES string of the molecule is CCSc1ccc(C(=O)/C=C/c2ccc(OC)c(OC)c2OC)cc1. The summed E-state index contributed by atoms with van der Waals surface area (Å²) in [6.07, 6.45) is 3.25. The molecule has 0 saturated carbocycles. The summed E-state index contributed by atoms with van der Waals surface area (Å²) >= 11 is 1.75. The Morgan fingerprint density at radius 2 is 1.64 bits per heavy atom. The van der Waals surface area contributed by atoms with Crippen LogP contribution in [0.15, 0.2) is 47.4 Å². The Bertz CT molecular complexity index is 751. The number of hydrogen-bond donors (Lipinski definition) is 0. The first-order valence-electron chi connectivity index (χ1n) is 7.88. The van der Waals surface area contributed by atoms with E-state index in [2.05, 4.69) is 6.92 Å². The van der Waals surface area contributed by atoms with Crippen LogP contribution in [0.3, 0.4) is 0 Å². The highest BCUT2D eigenvalue weighted by molar-refractivity contribution is 7.99. The van der Waals surface area contributed by atoms with Gasteiger partial charge in [-0.05, 0) is 54.3 Å². The minimum atomic E-state index is -0.0649. The van der Waals surface area contributed by atoms with Crippen molar-refractivity contribution in [3.8, 4) is 17.2 Å². The number of ether oxygens (including phenoxy) is 3. The summed E-state index contributed by atoms with van der Waals surface area (Å²) in [5, 5.41) is 0. The Labute approximate surface area is 152 Å². The van der Waals surface area contributed by atoms with Crippen LogP contribution in [-0.2, 0) is 0 Å². The van der Waals surface area contributed by atoms with Gasteiger partial charge in [0.1, 0.15) is 0 Å². The number of thioether (sulfide) groups is 1. The molecule has 0 aliphatic carbocycles. The molecule has 2 aromatic carbocycles.